The molecule has 3 heteroatoms. The van der Waals surface area contributed by atoms with Crippen LogP contribution in [0, 0.1) is 29.6 Å². The minimum Gasteiger partial charge on any atom is -0.358 e. The molecule has 1 aromatic heterocycles. The van der Waals surface area contributed by atoms with Crippen molar-refractivity contribution in [2.45, 2.75) is 12.8 Å². The Morgan fingerprint density at radius 3 is 3.00 bits per heavy atom. The Morgan fingerprint density at radius 1 is 1.56 bits per heavy atom. The molecule has 0 saturated heterocycles. The van der Waals surface area contributed by atoms with Crippen LogP contribution in [0.15, 0.2) is 18.5 Å². The molecule has 2 rings (SSSR count). The molecular formula is C13H13N3. The third-order valence-corrected chi connectivity index (χ3v) is 2.72. The van der Waals surface area contributed by atoms with Gasteiger partial charge < -0.3 is 4.90 Å². The zero-order valence-corrected chi connectivity index (χ0v) is 9.06. The van der Waals surface area contributed by atoms with E-state index >= 15 is 0 Å². The van der Waals surface area contributed by atoms with Crippen molar-refractivity contribution >= 4 is 5.69 Å². The van der Waals surface area contributed by atoms with Gasteiger partial charge in [0.05, 0.1) is 24.0 Å². The van der Waals surface area contributed by atoms with Crippen LogP contribution in [0.25, 0.3) is 0 Å². The fourth-order valence-electron chi connectivity index (χ4n) is 1.70. The van der Waals surface area contributed by atoms with Crippen LogP contribution in [0.5, 0.6) is 0 Å². The maximum Gasteiger partial charge on any atom is 0.101 e. The number of anilines is 1. The zero-order chi connectivity index (χ0) is 11.4. The highest BCUT2D eigenvalue weighted by atomic mass is 15.1. The van der Waals surface area contributed by atoms with Crippen LogP contribution in [0.2, 0.25) is 0 Å². The molecule has 0 atom stereocenters. The quantitative estimate of drug-likeness (QED) is 0.713. The molecule has 1 aromatic rings. The van der Waals surface area contributed by atoms with Gasteiger partial charge in [-0.3, -0.25) is 4.98 Å². The van der Waals surface area contributed by atoms with Crippen LogP contribution >= 0.6 is 0 Å². The van der Waals surface area contributed by atoms with Crippen LogP contribution < -0.4 is 4.90 Å². The van der Waals surface area contributed by atoms with E-state index in [9.17, 15) is 0 Å². The maximum atomic E-state index is 9.03. The Kier molecular flexibility index (Phi) is 3.08. The average molecular weight is 211 g/mol. The molecule has 3 nitrogen and oxygen atoms in total. The predicted octanol–water partition coefficient (Wildman–Crippen LogP) is 1.80. The molecule has 16 heavy (non-hydrogen) atoms. The van der Waals surface area contributed by atoms with E-state index in [0.717, 1.165) is 18.2 Å². The second-order valence-electron chi connectivity index (χ2n) is 4.03. The average Bonchev–Trinajstić information content (AvgIpc) is 3.12. The van der Waals surface area contributed by atoms with Gasteiger partial charge in [-0.25, -0.2) is 0 Å². The highest BCUT2D eigenvalue weighted by Crippen LogP contribution is 2.31. The van der Waals surface area contributed by atoms with E-state index in [2.05, 4.69) is 21.9 Å². The normalized spacial score (nSPS) is 13.9. The van der Waals surface area contributed by atoms with E-state index in [4.69, 9.17) is 11.7 Å². The van der Waals surface area contributed by atoms with Crippen molar-refractivity contribution in [1.29, 1.82) is 5.26 Å². The number of hydrogen-bond acceptors (Lipinski definition) is 3. The Balaban J connectivity index is 2.23. The van der Waals surface area contributed by atoms with Crippen molar-refractivity contribution in [3.8, 4) is 18.4 Å². The van der Waals surface area contributed by atoms with Crippen molar-refractivity contribution in [3.05, 3.63) is 24.0 Å². The molecule has 0 radical (unpaired) electrons. The molecule has 1 aliphatic rings. The topological polar surface area (TPSA) is 39.9 Å². The minimum atomic E-state index is 0.539. The molecule has 0 bridgehead atoms. The van der Waals surface area contributed by atoms with Gasteiger partial charge in [0.1, 0.15) is 6.07 Å². The van der Waals surface area contributed by atoms with Crippen LogP contribution in [-0.2, 0) is 0 Å². The summed E-state index contributed by atoms with van der Waals surface area (Å²) < 4.78 is 0. The van der Waals surface area contributed by atoms with E-state index < -0.39 is 0 Å². The van der Waals surface area contributed by atoms with Gasteiger partial charge in [0, 0.05) is 12.7 Å². The van der Waals surface area contributed by atoms with Crippen LogP contribution in [0.4, 0.5) is 5.69 Å². The van der Waals surface area contributed by atoms with Gasteiger partial charge in [-0.15, -0.1) is 6.42 Å². The van der Waals surface area contributed by atoms with Crippen LogP contribution in [0.3, 0.4) is 0 Å². The van der Waals surface area contributed by atoms with E-state index in [1.54, 1.807) is 18.5 Å². The number of nitriles is 1. The first-order chi connectivity index (χ1) is 7.85. The molecule has 0 aromatic carbocycles. The molecule has 0 amide bonds. The number of hydrogen-bond donors (Lipinski definition) is 0. The van der Waals surface area contributed by atoms with Crippen molar-refractivity contribution in [3.63, 3.8) is 0 Å². The van der Waals surface area contributed by atoms with Crippen LogP contribution in [-0.4, -0.2) is 18.1 Å². The van der Waals surface area contributed by atoms with E-state index in [-0.39, 0.29) is 0 Å². The molecule has 80 valence electrons. The molecule has 1 heterocycles. The number of rotatable bonds is 4. The summed E-state index contributed by atoms with van der Waals surface area (Å²) in [4.78, 5) is 6.14. The maximum absolute atomic E-state index is 9.03. The first-order valence-corrected chi connectivity index (χ1v) is 5.37. The van der Waals surface area contributed by atoms with E-state index in [0.29, 0.717) is 12.1 Å². The fraction of sp³-hybridized carbons (Fsp3) is 0.385. The van der Waals surface area contributed by atoms with Crippen molar-refractivity contribution < 1.29 is 0 Å². The lowest BCUT2D eigenvalue weighted by Gasteiger charge is -2.22. The largest absolute Gasteiger partial charge is 0.358 e. The highest BCUT2D eigenvalue weighted by Gasteiger charge is 2.25. The van der Waals surface area contributed by atoms with Crippen molar-refractivity contribution in [2.75, 3.05) is 18.0 Å². The summed E-state index contributed by atoms with van der Waals surface area (Å²) in [6.45, 7) is 1.47. The van der Waals surface area contributed by atoms with Crippen LogP contribution in [0.1, 0.15) is 18.4 Å². The second-order valence-corrected chi connectivity index (χ2v) is 4.03. The monoisotopic (exact) mass is 211 g/mol. The lowest BCUT2D eigenvalue weighted by atomic mass is 10.2. The lowest BCUT2D eigenvalue weighted by Crippen LogP contribution is -2.26. The summed E-state index contributed by atoms with van der Waals surface area (Å²) in [5.41, 5.74) is 1.50. The SMILES string of the molecule is C#CCN(CC1CC1)c1cnccc1C#N. The zero-order valence-electron chi connectivity index (χ0n) is 9.06. The Bertz CT molecular complexity index is 449. The first kappa shape index (κ1) is 10.5. The smallest absolute Gasteiger partial charge is 0.101 e. The molecular weight excluding hydrogens is 198 g/mol. The summed E-state index contributed by atoms with van der Waals surface area (Å²) in [5.74, 6) is 3.38. The van der Waals surface area contributed by atoms with E-state index in [1.807, 2.05) is 0 Å². The number of pyridine rings is 1. The lowest BCUT2D eigenvalue weighted by molar-refractivity contribution is 0.763. The van der Waals surface area contributed by atoms with Gasteiger partial charge in [0.2, 0.25) is 0 Å². The molecule has 1 aliphatic carbocycles. The fourth-order valence-corrected chi connectivity index (χ4v) is 1.70. The highest BCUT2D eigenvalue weighted by molar-refractivity contribution is 5.58. The predicted molar refractivity (Wildman–Crippen MR) is 62.7 cm³/mol. The third kappa shape index (κ3) is 2.32. The molecule has 0 aliphatic heterocycles. The Morgan fingerprint density at radius 2 is 2.38 bits per heavy atom. The number of aromatic nitrogens is 1. The summed E-state index contributed by atoms with van der Waals surface area (Å²) in [7, 11) is 0. The summed E-state index contributed by atoms with van der Waals surface area (Å²) in [5, 5.41) is 9.03. The first-order valence-electron chi connectivity index (χ1n) is 5.37. The third-order valence-electron chi connectivity index (χ3n) is 2.72. The van der Waals surface area contributed by atoms with Gasteiger partial charge in [-0.05, 0) is 24.8 Å². The van der Waals surface area contributed by atoms with Gasteiger partial charge in [-0.1, -0.05) is 5.92 Å². The van der Waals surface area contributed by atoms with Crippen molar-refractivity contribution in [1.82, 2.24) is 4.98 Å². The number of nitrogens with zero attached hydrogens (tertiary/aromatic N) is 3. The van der Waals surface area contributed by atoms with Gasteiger partial charge in [0.25, 0.3) is 0 Å². The molecule has 1 fully saturated rings. The second kappa shape index (κ2) is 4.68. The summed E-state index contributed by atoms with van der Waals surface area (Å²) in [6.07, 6.45) is 11.2. The van der Waals surface area contributed by atoms with Gasteiger partial charge >= 0.3 is 0 Å². The number of terminal acetylenes is 1. The van der Waals surface area contributed by atoms with Gasteiger partial charge in [0.15, 0.2) is 0 Å². The Hall–Kier alpha value is -2.00. The molecule has 1 saturated carbocycles. The summed E-state index contributed by atoms with van der Waals surface area (Å²) in [6, 6.07) is 3.91. The minimum absolute atomic E-state index is 0.539. The standard InChI is InChI=1S/C13H13N3/c1-2-7-16(10-11-3-4-11)13-9-15-6-5-12(13)8-14/h1,5-6,9,11H,3-4,7,10H2. The molecule has 0 unspecified atom stereocenters. The molecule has 0 spiro atoms. The Labute approximate surface area is 95.7 Å². The summed E-state index contributed by atoms with van der Waals surface area (Å²) >= 11 is 0. The molecule has 0 N–H and O–H groups in total. The van der Waals surface area contributed by atoms with Crippen molar-refractivity contribution in [2.24, 2.45) is 5.92 Å². The van der Waals surface area contributed by atoms with E-state index in [1.165, 1.54) is 12.8 Å². The van der Waals surface area contributed by atoms with Gasteiger partial charge in [-0.2, -0.15) is 5.26 Å².